The molecule has 0 aliphatic carbocycles. The van der Waals surface area contributed by atoms with Crippen LogP contribution in [0.25, 0.3) is 15.7 Å². The second kappa shape index (κ2) is 14.6. The van der Waals surface area contributed by atoms with Gasteiger partial charge in [0.25, 0.3) is 0 Å². The van der Waals surface area contributed by atoms with Gasteiger partial charge in [0.15, 0.2) is 0 Å². The zero-order valence-corrected chi connectivity index (χ0v) is 27.2. The number of nitrogens with one attached hydrogen (secondary N) is 2. The maximum absolute atomic E-state index is 14.7. The first-order chi connectivity index (χ1) is 21.8. The number of likely N-dealkylation sites (tertiary alicyclic amines) is 1. The van der Waals surface area contributed by atoms with Gasteiger partial charge in [0.05, 0.1) is 23.1 Å². The van der Waals surface area contributed by atoms with E-state index in [0.29, 0.717) is 33.1 Å². The van der Waals surface area contributed by atoms with E-state index >= 15 is 0 Å². The summed E-state index contributed by atoms with van der Waals surface area (Å²) in [6.07, 6.45) is 2.54. The lowest BCUT2D eigenvalue weighted by Crippen LogP contribution is -2.51. The molecule has 1 aromatic heterocycles. The molecule has 1 unspecified atom stereocenters. The Kier molecular flexibility index (Phi) is 10.8. The monoisotopic (exact) mass is 646 g/mol. The third-order valence-electron chi connectivity index (χ3n) is 6.90. The van der Waals surface area contributed by atoms with E-state index in [-0.39, 0.29) is 25.5 Å². The predicted octanol–water partition coefficient (Wildman–Crippen LogP) is 6.81. The number of benzene rings is 2. The van der Waals surface area contributed by atoms with Crippen molar-refractivity contribution in [3.05, 3.63) is 89.8 Å². The fourth-order valence-electron chi connectivity index (χ4n) is 5.04. The summed E-state index contributed by atoms with van der Waals surface area (Å²) in [5, 5.41) is 12.4. The lowest BCUT2D eigenvalue weighted by atomic mass is 9.93. The highest BCUT2D eigenvalue weighted by Crippen LogP contribution is 2.38. The summed E-state index contributed by atoms with van der Waals surface area (Å²) < 4.78 is 26.6. The van der Waals surface area contributed by atoms with Crippen LogP contribution in [0.3, 0.4) is 0 Å². The number of carbonyl (C=O) groups is 2. The highest BCUT2D eigenvalue weighted by atomic mass is 32.2. The van der Waals surface area contributed by atoms with Crippen LogP contribution in [0.1, 0.15) is 51.3 Å². The van der Waals surface area contributed by atoms with Crippen molar-refractivity contribution in [3.8, 4) is 5.75 Å². The van der Waals surface area contributed by atoms with E-state index in [1.54, 1.807) is 51.2 Å². The molecule has 2 amide bonds. The minimum Gasteiger partial charge on any atom is -0.455 e. The van der Waals surface area contributed by atoms with Crippen molar-refractivity contribution in [1.82, 2.24) is 14.9 Å². The van der Waals surface area contributed by atoms with Gasteiger partial charge in [0, 0.05) is 36.8 Å². The summed E-state index contributed by atoms with van der Waals surface area (Å²) in [5.74, 6) is -0.368. The number of carbonyl (C=O) groups excluding carboxylic acids is 2. The lowest BCUT2D eigenvalue weighted by Gasteiger charge is -2.36. The number of piperidine rings is 1. The fourth-order valence-corrected chi connectivity index (χ4v) is 5.83. The predicted molar refractivity (Wildman–Crippen MR) is 182 cm³/mol. The van der Waals surface area contributed by atoms with E-state index < -0.39 is 35.7 Å². The molecule has 2 heterocycles. The smallest absolute Gasteiger partial charge is 0.410 e. The van der Waals surface area contributed by atoms with Gasteiger partial charge >= 0.3 is 6.09 Å². The van der Waals surface area contributed by atoms with Gasteiger partial charge in [-0.25, -0.2) is 19.2 Å². The number of fused-ring (bicyclic) bond motifs is 1. The van der Waals surface area contributed by atoms with Crippen molar-refractivity contribution >= 4 is 51.6 Å². The molecule has 3 aromatic rings. The summed E-state index contributed by atoms with van der Waals surface area (Å²) in [6, 6.07) is 12.1. The number of hydrogen-bond donors (Lipinski definition) is 3. The van der Waals surface area contributed by atoms with Crippen LogP contribution >= 0.6 is 11.8 Å². The van der Waals surface area contributed by atoms with Gasteiger partial charge in [-0.2, -0.15) is 0 Å². The molecule has 4 rings (SSSR count). The third kappa shape index (κ3) is 8.51. The minimum atomic E-state index is -1.24. The second-order valence-electron chi connectivity index (χ2n) is 11.9. The van der Waals surface area contributed by atoms with Crippen molar-refractivity contribution in [1.29, 1.82) is 5.41 Å². The van der Waals surface area contributed by atoms with Crippen LogP contribution in [-0.2, 0) is 9.53 Å². The van der Waals surface area contributed by atoms with Crippen LogP contribution in [-0.4, -0.2) is 64.0 Å². The second-order valence-corrected chi connectivity index (χ2v) is 13.2. The first-order valence-electron chi connectivity index (χ1n) is 14.7. The highest BCUT2D eigenvalue weighted by Gasteiger charge is 2.33. The van der Waals surface area contributed by atoms with Gasteiger partial charge in [0.2, 0.25) is 11.9 Å². The van der Waals surface area contributed by atoms with E-state index in [0.717, 1.165) is 16.5 Å². The largest absolute Gasteiger partial charge is 0.455 e. The van der Waals surface area contributed by atoms with Crippen molar-refractivity contribution in [2.45, 2.75) is 57.8 Å². The molecule has 0 spiro atoms. The van der Waals surface area contributed by atoms with Crippen molar-refractivity contribution in [2.75, 3.05) is 18.4 Å². The normalized spacial score (nSPS) is 17.8. The van der Waals surface area contributed by atoms with E-state index in [2.05, 4.69) is 23.5 Å². The maximum Gasteiger partial charge on any atom is 0.410 e. The van der Waals surface area contributed by atoms with Crippen LogP contribution in [0.5, 0.6) is 5.75 Å². The molecule has 4 N–H and O–H groups in total. The standard InChI is InChI=1S/C34H39FN6O4S/c1-7-28(44-29-13-12-24(26(17-36)31(37)42)23-10-8-9-11-25(23)29)30(46-20(2)3)27-14-15-38-32(40-27)39-22-16-21(35)18-41(19-22)33(43)45-34(4,5)6/h7-15,17,21-22,26,36H,1-2,16,18-19H2,3-6H3,(H2,37,42)(H,38,39,40)/b30-28+,36-17?/t21-,22-,26?/m0/s1. The van der Waals surface area contributed by atoms with E-state index in [1.165, 1.54) is 16.7 Å². The number of primary amides is 1. The van der Waals surface area contributed by atoms with E-state index in [1.807, 2.05) is 31.2 Å². The first kappa shape index (κ1) is 34.2. The van der Waals surface area contributed by atoms with Crippen molar-refractivity contribution in [2.24, 2.45) is 5.73 Å². The SMILES string of the molecule is C=C/C(Oc1ccc(C(C=N)C(N)=O)c2ccccc12)=C(\SC(=C)C)c1ccnc(N[C@H]2C[C@H](F)CN(C(=O)OC(C)(C)C)C2)n1. The molecule has 46 heavy (non-hydrogen) atoms. The molecule has 1 fully saturated rings. The average Bonchev–Trinajstić information content (AvgIpc) is 2.98. The Balaban J connectivity index is 1.67. The zero-order valence-electron chi connectivity index (χ0n) is 26.4. The lowest BCUT2D eigenvalue weighted by molar-refractivity contribution is -0.117. The number of ether oxygens (including phenoxy) is 2. The molecule has 12 heteroatoms. The van der Waals surface area contributed by atoms with E-state index in [4.69, 9.17) is 25.6 Å². The van der Waals surface area contributed by atoms with Gasteiger partial charge in [-0.05, 0) is 61.8 Å². The number of alkyl halides is 1. The summed E-state index contributed by atoms with van der Waals surface area (Å²) in [4.78, 5) is 36.5. The molecule has 0 radical (unpaired) electrons. The molecule has 0 bridgehead atoms. The number of aromatic nitrogens is 2. The van der Waals surface area contributed by atoms with Crippen LogP contribution in [0.2, 0.25) is 0 Å². The number of hydrogen-bond acceptors (Lipinski definition) is 9. The molecular weight excluding hydrogens is 607 g/mol. The quantitative estimate of drug-likeness (QED) is 0.117. The summed E-state index contributed by atoms with van der Waals surface area (Å²) >= 11 is 1.34. The van der Waals surface area contributed by atoms with Gasteiger partial charge in [0.1, 0.15) is 23.3 Å². The van der Waals surface area contributed by atoms with Gasteiger partial charge < -0.3 is 30.8 Å². The molecule has 1 aliphatic heterocycles. The number of amides is 2. The Morgan fingerprint density at radius 2 is 1.91 bits per heavy atom. The number of nitrogens with two attached hydrogens (primary N) is 1. The van der Waals surface area contributed by atoms with Crippen LogP contribution in [0.15, 0.2) is 78.6 Å². The van der Waals surface area contributed by atoms with Crippen LogP contribution in [0, 0.1) is 5.41 Å². The number of rotatable bonds is 11. The Morgan fingerprint density at radius 1 is 1.20 bits per heavy atom. The Morgan fingerprint density at radius 3 is 2.54 bits per heavy atom. The molecule has 1 aliphatic rings. The van der Waals surface area contributed by atoms with Crippen molar-refractivity contribution < 1.29 is 23.5 Å². The van der Waals surface area contributed by atoms with Crippen LogP contribution < -0.4 is 15.8 Å². The Labute approximate surface area is 272 Å². The molecular formula is C34H39FN6O4S. The summed E-state index contributed by atoms with van der Waals surface area (Å²) in [6.45, 7) is 15.4. The van der Waals surface area contributed by atoms with Gasteiger partial charge in [-0.15, -0.1) is 0 Å². The first-order valence-corrected chi connectivity index (χ1v) is 15.5. The number of allylic oxidation sites excluding steroid dienone is 2. The fraction of sp³-hybridized carbons (Fsp3) is 0.324. The van der Waals surface area contributed by atoms with Gasteiger partial charge in [-0.3, -0.25) is 4.79 Å². The molecule has 10 nitrogen and oxygen atoms in total. The zero-order chi connectivity index (χ0) is 33.6. The number of halogens is 1. The van der Waals surface area contributed by atoms with E-state index in [9.17, 15) is 14.0 Å². The average molecular weight is 647 g/mol. The topological polar surface area (TPSA) is 144 Å². The molecule has 242 valence electrons. The molecule has 3 atom stereocenters. The molecule has 0 saturated carbocycles. The third-order valence-corrected chi connectivity index (χ3v) is 7.87. The minimum absolute atomic E-state index is 0.0453. The molecule has 1 saturated heterocycles. The van der Waals surface area contributed by atoms with Gasteiger partial charge in [-0.1, -0.05) is 55.3 Å². The summed E-state index contributed by atoms with van der Waals surface area (Å²) in [5.41, 5.74) is 5.98. The maximum atomic E-state index is 14.7. The van der Waals surface area contributed by atoms with Crippen molar-refractivity contribution in [3.63, 3.8) is 0 Å². The van der Waals surface area contributed by atoms with Crippen LogP contribution in [0.4, 0.5) is 15.1 Å². The Hall–Kier alpha value is -4.71. The highest BCUT2D eigenvalue weighted by molar-refractivity contribution is 8.11. The number of nitrogens with zero attached hydrogens (tertiary/aromatic N) is 3. The summed E-state index contributed by atoms with van der Waals surface area (Å²) in [7, 11) is 0. The molecule has 2 aromatic carbocycles. The number of anilines is 1. The Bertz CT molecular complexity index is 1690. The number of thioether (sulfide) groups is 1.